The largest absolute Gasteiger partial charge is 0.464 e. The van der Waals surface area contributed by atoms with Gasteiger partial charge in [0.1, 0.15) is 17.4 Å². The van der Waals surface area contributed by atoms with Crippen LogP contribution < -0.4 is 10.7 Å². The molecule has 1 saturated heterocycles. The van der Waals surface area contributed by atoms with Gasteiger partial charge in [-0.1, -0.05) is 26.3 Å². The molecule has 27 heavy (non-hydrogen) atoms. The van der Waals surface area contributed by atoms with Crippen LogP contribution in [0.25, 0.3) is 5.57 Å². The molecule has 3 fully saturated rings. The van der Waals surface area contributed by atoms with E-state index in [2.05, 4.69) is 30.3 Å². The van der Waals surface area contributed by atoms with Crippen LogP contribution in [0.5, 0.6) is 0 Å². The van der Waals surface area contributed by atoms with Crippen molar-refractivity contribution in [2.24, 2.45) is 11.8 Å². The van der Waals surface area contributed by atoms with Crippen LogP contribution in [-0.2, 0) is 4.79 Å². The highest BCUT2D eigenvalue weighted by Crippen LogP contribution is 2.44. The monoisotopic (exact) mass is 366 g/mol. The molecule has 1 aromatic rings. The number of furan rings is 1. The Kier molecular flexibility index (Phi) is 4.67. The van der Waals surface area contributed by atoms with Gasteiger partial charge in [-0.15, -0.1) is 0 Å². The molecule has 0 bridgehead atoms. The molecule has 0 unspecified atom stereocenters. The van der Waals surface area contributed by atoms with E-state index >= 15 is 0 Å². The number of hydrazine groups is 1. The van der Waals surface area contributed by atoms with Gasteiger partial charge in [-0.25, -0.2) is 5.43 Å². The summed E-state index contributed by atoms with van der Waals surface area (Å²) in [5.74, 6) is 1.15. The van der Waals surface area contributed by atoms with Crippen molar-refractivity contribution in [2.75, 3.05) is 6.67 Å². The predicted octanol–water partition coefficient (Wildman–Crippen LogP) is 3.32. The highest BCUT2D eigenvalue weighted by molar-refractivity contribution is 6.07. The Balaban J connectivity index is 1.65. The Labute approximate surface area is 159 Å². The van der Waals surface area contributed by atoms with Crippen molar-refractivity contribution < 1.29 is 9.21 Å². The number of hydrogen-bond donors (Lipinski definition) is 2. The molecule has 2 heterocycles. The second-order valence-electron chi connectivity index (χ2n) is 8.11. The van der Waals surface area contributed by atoms with Crippen molar-refractivity contribution in [1.82, 2.24) is 15.8 Å². The third-order valence-corrected chi connectivity index (χ3v) is 6.16. The van der Waals surface area contributed by atoms with Crippen LogP contribution >= 0.6 is 0 Å². The van der Waals surface area contributed by atoms with Gasteiger partial charge in [0.2, 0.25) is 0 Å². The molecule has 0 radical (unpaired) electrons. The maximum atomic E-state index is 13.2. The van der Waals surface area contributed by atoms with Crippen molar-refractivity contribution in [3.05, 3.63) is 41.9 Å². The van der Waals surface area contributed by atoms with E-state index in [1.165, 1.54) is 5.01 Å². The SMILES string of the molecule is C=C(/C(=C(/C#N)C(=O)N1CNC2(CCCC2)N1)c1ccco1)C1CC(C)C1. The lowest BCUT2D eigenvalue weighted by Gasteiger charge is -2.35. The first-order valence-corrected chi connectivity index (χ1v) is 9.75. The predicted molar refractivity (Wildman–Crippen MR) is 101 cm³/mol. The van der Waals surface area contributed by atoms with Crippen LogP contribution in [0, 0.1) is 23.2 Å². The molecule has 0 aromatic carbocycles. The number of nitrogens with one attached hydrogen (secondary N) is 2. The summed E-state index contributed by atoms with van der Waals surface area (Å²) in [6.45, 7) is 6.84. The number of carbonyl (C=O) groups is 1. The van der Waals surface area contributed by atoms with Crippen LogP contribution in [-0.4, -0.2) is 23.2 Å². The number of nitrogens with zero attached hydrogens (tertiary/aromatic N) is 2. The summed E-state index contributed by atoms with van der Waals surface area (Å²) >= 11 is 0. The van der Waals surface area contributed by atoms with Gasteiger partial charge in [-0.3, -0.25) is 15.1 Å². The summed E-state index contributed by atoms with van der Waals surface area (Å²) in [6.07, 6.45) is 7.87. The van der Waals surface area contributed by atoms with E-state index < -0.39 is 0 Å². The number of allylic oxidation sites excluding steroid dienone is 2. The number of amides is 1. The molecular formula is C21H26N4O2. The molecular weight excluding hydrogens is 340 g/mol. The van der Waals surface area contributed by atoms with E-state index in [9.17, 15) is 10.1 Å². The van der Waals surface area contributed by atoms with Gasteiger partial charge in [0.05, 0.1) is 18.6 Å². The van der Waals surface area contributed by atoms with Crippen LogP contribution in [0.3, 0.4) is 0 Å². The molecule has 4 rings (SSSR count). The molecule has 1 aromatic heterocycles. The van der Waals surface area contributed by atoms with Gasteiger partial charge < -0.3 is 4.42 Å². The van der Waals surface area contributed by atoms with E-state index in [1.807, 2.05) is 0 Å². The van der Waals surface area contributed by atoms with Crippen molar-refractivity contribution >= 4 is 11.5 Å². The van der Waals surface area contributed by atoms with Gasteiger partial charge in [0, 0.05) is 5.57 Å². The standard InChI is InChI=1S/C21H26N4O2/c1-14-10-16(11-14)15(2)19(18-6-5-9-27-18)17(12-22)20(26)25-13-23-21(24-25)7-3-4-8-21/h5-6,9,14,16,23-24H,2-4,7-8,10-11,13H2,1H3/b19-17+. The van der Waals surface area contributed by atoms with Gasteiger partial charge in [0.25, 0.3) is 5.91 Å². The van der Waals surface area contributed by atoms with Gasteiger partial charge >= 0.3 is 0 Å². The van der Waals surface area contributed by atoms with Crippen molar-refractivity contribution in [3.8, 4) is 6.07 Å². The third kappa shape index (κ3) is 3.22. The van der Waals surface area contributed by atoms with Crippen LogP contribution in [0.15, 0.2) is 40.5 Å². The van der Waals surface area contributed by atoms with E-state index in [-0.39, 0.29) is 17.1 Å². The maximum absolute atomic E-state index is 13.2. The van der Waals surface area contributed by atoms with E-state index in [1.54, 1.807) is 18.4 Å². The van der Waals surface area contributed by atoms with E-state index in [4.69, 9.17) is 4.42 Å². The molecule has 1 amide bonds. The average molecular weight is 366 g/mol. The van der Waals surface area contributed by atoms with Gasteiger partial charge in [-0.05, 0) is 55.2 Å². The number of hydrogen-bond acceptors (Lipinski definition) is 5. The fourth-order valence-corrected chi connectivity index (χ4v) is 4.56. The fourth-order valence-electron chi connectivity index (χ4n) is 4.56. The lowest BCUT2D eigenvalue weighted by atomic mass is 9.70. The zero-order valence-electron chi connectivity index (χ0n) is 15.8. The zero-order valence-corrected chi connectivity index (χ0v) is 15.8. The van der Waals surface area contributed by atoms with Crippen LogP contribution in [0.2, 0.25) is 0 Å². The molecule has 6 heteroatoms. The Hall–Kier alpha value is -2.36. The molecule has 1 spiro atoms. The Morgan fingerprint density at radius 2 is 2.15 bits per heavy atom. The molecule has 142 valence electrons. The third-order valence-electron chi connectivity index (χ3n) is 6.16. The topological polar surface area (TPSA) is 81.3 Å². The first kappa shape index (κ1) is 18.0. The minimum atomic E-state index is -0.325. The van der Waals surface area contributed by atoms with E-state index in [0.717, 1.165) is 44.1 Å². The second kappa shape index (κ2) is 6.99. The number of nitriles is 1. The molecule has 1 aliphatic heterocycles. The quantitative estimate of drug-likeness (QED) is 0.485. The molecule has 0 atom stereocenters. The maximum Gasteiger partial charge on any atom is 0.280 e. The first-order chi connectivity index (χ1) is 13.0. The lowest BCUT2D eigenvalue weighted by Crippen LogP contribution is -2.50. The zero-order chi connectivity index (χ0) is 19.0. The minimum absolute atomic E-state index is 0.0962. The second-order valence-corrected chi connectivity index (χ2v) is 8.11. The molecule has 2 saturated carbocycles. The number of carbonyl (C=O) groups excluding carboxylic acids is 1. The Morgan fingerprint density at radius 1 is 1.41 bits per heavy atom. The molecule has 2 aliphatic carbocycles. The van der Waals surface area contributed by atoms with Crippen LogP contribution in [0.4, 0.5) is 0 Å². The normalized spacial score (nSPS) is 27.2. The first-order valence-electron chi connectivity index (χ1n) is 9.75. The highest BCUT2D eigenvalue weighted by Gasteiger charge is 2.42. The summed E-state index contributed by atoms with van der Waals surface area (Å²) in [6, 6.07) is 5.71. The van der Waals surface area contributed by atoms with Gasteiger partial charge in [-0.2, -0.15) is 5.26 Å². The summed E-state index contributed by atoms with van der Waals surface area (Å²) in [5.41, 5.74) is 4.58. The lowest BCUT2D eigenvalue weighted by molar-refractivity contribution is -0.128. The smallest absolute Gasteiger partial charge is 0.280 e. The Morgan fingerprint density at radius 3 is 2.74 bits per heavy atom. The van der Waals surface area contributed by atoms with Crippen LogP contribution in [0.1, 0.15) is 51.2 Å². The van der Waals surface area contributed by atoms with E-state index in [0.29, 0.717) is 29.8 Å². The summed E-state index contributed by atoms with van der Waals surface area (Å²) < 4.78 is 5.57. The minimum Gasteiger partial charge on any atom is -0.464 e. The Bertz CT molecular complexity index is 806. The highest BCUT2D eigenvalue weighted by atomic mass is 16.3. The van der Waals surface area contributed by atoms with Crippen molar-refractivity contribution in [3.63, 3.8) is 0 Å². The molecule has 3 aliphatic rings. The molecule has 2 N–H and O–H groups in total. The molecule has 6 nitrogen and oxygen atoms in total. The van der Waals surface area contributed by atoms with Crippen molar-refractivity contribution in [1.29, 1.82) is 5.26 Å². The fraction of sp³-hybridized carbons (Fsp3) is 0.524. The number of rotatable bonds is 4. The summed E-state index contributed by atoms with van der Waals surface area (Å²) in [7, 11) is 0. The van der Waals surface area contributed by atoms with Crippen molar-refractivity contribution in [2.45, 2.75) is 51.1 Å². The average Bonchev–Trinajstić information content (AvgIpc) is 3.39. The van der Waals surface area contributed by atoms with Gasteiger partial charge in [0.15, 0.2) is 0 Å². The summed E-state index contributed by atoms with van der Waals surface area (Å²) in [5, 5.41) is 14.8. The summed E-state index contributed by atoms with van der Waals surface area (Å²) in [4.78, 5) is 13.2.